The molecular weight excluding hydrogens is 200 g/mol. The van der Waals surface area contributed by atoms with E-state index in [0.717, 1.165) is 12.2 Å². The molecule has 0 bridgehead atoms. The van der Waals surface area contributed by atoms with Crippen molar-refractivity contribution in [2.24, 2.45) is 5.73 Å². The molecule has 14 heavy (non-hydrogen) atoms. The predicted octanol–water partition coefficient (Wildman–Crippen LogP) is 1.46. The number of alkyl halides is 1. The summed E-state index contributed by atoms with van der Waals surface area (Å²) < 4.78 is 0. The van der Waals surface area contributed by atoms with Crippen molar-refractivity contribution in [3.63, 3.8) is 0 Å². The minimum absolute atomic E-state index is 0.406. The summed E-state index contributed by atoms with van der Waals surface area (Å²) in [4.78, 5) is 12.8. The lowest BCUT2D eigenvalue weighted by Crippen LogP contribution is -2.19. The third kappa shape index (κ3) is 2.64. The SMILES string of the molecule is CN(CCCl)c1ccc(C(N)=O)cc1. The van der Waals surface area contributed by atoms with Crippen LogP contribution in [0.25, 0.3) is 0 Å². The summed E-state index contributed by atoms with van der Waals surface area (Å²) in [5, 5.41) is 0. The summed E-state index contributed by atoms with van der Waals surface area (Å²) in [5.41, 5.74) is 6.67. The second kappa shape index (κ2) is 4.86. The summed E-state index contributed by atoms with van der Waals surface area (Å²) in [5.74, 6) is 0.171. The number of carbonyl (C=O) groups is 1. The predicted molar refractivity (Wildman–Crippen MR) is 58.9 cm³/mol. The fourth-order valence-electron chi connectivity index (χ4n) is 1.14. The molecule has 0 aromatic heterocycles. The van der Waals surface area contributed by atoms with E-state index in [0.29, 0.717) is 11.4 Å². The van der Waals surface area contributed by atoms with Crippen LogP contribution in [-0.2, 0) is 0 Å². The standard InChI is InChI=1S/C10H13ClN2O/c1-13(7-6-11)9-4-2-8(3-5-9)10(12)14/h2-5H,6-7H2,1H3,(H2,12,14). The van der Waals surface area contributed by atoms with Crippen molar-refractivity contribution < 1.29 is 4.79 Å². The van der Waals surface area contributed by atoms with E-state index in [-0.39, 0.29) is 0 Å². The first-order valence-corrected chi connectivity index (χ1v) is 4.85. The number of nitrogens with zero attached hydrogens (tertiary/aromatic N) is 1. The molecule has 76 valence electrons. The van der Waals surface area contributed by atoms with E-state index in [1.54, 1.807) is 12.1 Å². The van der Waals surface area contributed by atoms with E-state index in [1.807, 2.05) is 24.1 Å². The summed E-state index contributed by atoms with van der Waals surface area (Å²) in [6.07, 6.45) is 0. The fourth-order valence-corrected chi connectivity index (χ4v) is 1.39. The van der Waals surface area contributed by atoms with Crippen LogP contribution in [0.3, 0.4) is 0 Å². The second-order valence-electron chi connectivity index (χ2n) is 3.02. The molecule has 0 aliphatic heterocycles. The highest BCUT2D eigenvalue weighted by Gasteiger charge is 2.02. The van der Waals surface area contributed by atoms with Gasteiger partial charge in [0.25, 0.3) is 0 Å². The Balaban J connectivity index is 2.77. The molecule has 0 aliphatic carbocycles. The van der Waals surface area contributed by atoms with Crippen molar-refractivity contribution in [2.75, 3.05) is 24.4 Å². The van der Waals surface area contributed by atoms with Gasteiger partial charge in [0, 0.05) is 30.7 Å². The molecule has 1 aromatic rings. The first-order chi connectivity index (χ1) is 6.65. The first kappa shape index (κ1) is 10.9. The van der Waals surface area contributed by atoms with E-state index < -0.39 is 5.91 Å². The Morgan fingerprint density at radius 1 is 1.43 bits per heavy atom. The largest absolute Gasteiger partial charge is 0.373 e. The Morgan fingerprint density at radius 2 is 2.00 bits per heavy atom. The lowest BCUT2D eigenvalue weighted by atomic mass is 10.2. The van der Waals surface area contributed by atoms with Crippen molar-refractivity contribution in [3.8, 4) is 0 Å². The zero-order valence-electron chi connectivity index (χ0n) is 8.03. The van der Waals surface area contributed by atoms with Crippen LogP contribution in [0.5, 0.6) is 0 Å². The second-order valence-corrected chi connectivity index (χ2v) is 3.40. The van der Waals surface area contributed by atoms with Gasteiger partial charge in [0.2, 0.25) is 5.91 Å². The average Bonchev–Trinajstić information content (AvgIpc) is 2.18. The van der Waals surface area contributed by atoms with Gasteiger partial charge in [-0.2, -0.15) is 0 Å². The number of benzene rings is 1. The topological polar surface area (TPSA) is 46.3 Å². The van der Waals surface area contributed by atoms with E-state index in [2.05, 4.69) is 0 Å². The maximum absolute atomic E-state index is 10.8. The van der Waals surface area contributed by atoms with Crippen molar-refractivity contribution in [2.45, 2.75) is 0 Å². The highest BCUT2D eigenvalue weighted by Crippen LogP contribution is 2.13. The van der Waals surface area contributed by atoms with Gasteiger partial charge in [-0.15, -0.1) is 11.6 Å². The average molecular weight is 213 g/mol. The Bertz CT molecular complexity index is 310. The molecule has 0 fully saturated rings. The molecule has 4 heteroatoms. The van der Waals surface area contributed by atoms with Gasteiger partial charge in [-0.05, 0) is 24.3 Å². The summed E-state index contributed by atoms with van der Waals surface area (Å²) in [7, 11) is 1.95. The number of hydrogen-bond acceptors (Lipinski definition) is 2. The zero-order chi connectivity index (χ0) is 10.6. The summed E-state index contributed by atoms with van der Waals surface area (Å²) >= 11 is 5.61. The molecular formula is C10H13ClN2O. The molecule has 0 aliphatic rings. The molecule has 1 aromatic carbocycles. The van der Waals surface area contributed by atoms with Crippen molar-refractivity contribution in [1.29, 1.82) is 0 Å². The number of anilines is 1. The van der Waals surface area contributed by atoms with Gasteiger partial charge in [-0.3, -0.25) is 4.79 Å². The minimum Gasteiger partial charge on any atom is -0.373 e. The molecule has 0 radical (unpaired) electrons. The van der Waals surface area contributed by atoms with Crippen LogP contribution in [0, 0.1) is 0 Å². The van der Waals surface area contributed by atoms with Gasteiger partial charge < -0.3 is 10.6 Å². The normalized spacial score (nSPS) is 9.86. The Hall–Kier alpha value is -1.22. The molecule has 0 saturated carbocycles. The van der Waals surface area contributed by atoms with Crippen molar-refractivity contribution >= 4 is 23.2 Å². The van der Waals surface area contributed by atoms with Crippen LogP contribution in [0.2, 0.25) is 0 Å². The van der Waals surface area contributed by atoms with Crippen molar-refractivity contribution in [3.05, 3.63) is 29.8 Å². The molecule has 0 unspecified atom stereocenters. The molecule has 1 amide bonds. The van der Waals surface area contributed by atoms with Gasteiger partial charge in [-0.1, -0.05) is 0 Å². The monoisotopic (exact) mass is 212 g/mol. The zero-order valence-corrected chi connectivity index (χ0v) is 8.79. The Labute approximate surface area is 88.5 Å². The highest BCUT2D eigenvalue weighted by atomic mass is 35.5. The van der Waals surface area contributed by atoms with Crippen LogP contribution in [-0.4, -0.2) is 25.4 Å². The first-order valence-electron chi connectivity index (χ1n) is 4.32. The number of halogens is 1. The highest BCUT2D eigenvalue weighted by molar-refractivity contribution is 6.18. The maximum atomic E-state index is 10.8. The molecule has 2 N–H and O–H groups in total. The number of hydrogen-bond donors (Lipinski definition) is 1. The Morgan fingerprint density at radius 3 is 2.43 bits per heavy atom. The van der Waals surface area contributed by atoms with Crippen LogP contribution in [0.15, 0.2) is 24.3 Å². The summed E-state index contributed by atoms with van der Waals surface area (Å²) in [6, 6.07) is 7.13. The van der Waals surface area contributed by atoms with Crippen LogP contribution in [0.4, 0.5) is 5.69 Å². The van der Waals surface area contributed by atoms with Gasteiger partial charge in [0.1, 0.15) is 0 Å². The molecule has 0 spiro atoms. The lowest BCUT2D eigenvalue weighted by molar-refractivity contribution is 0.100. The van der Waals surface area contributed by atoms with Crippen LogP contribution >= 0.6 is 11.6 Å². The third-order valence-electron chi connectivity index (χ3n) is 2.01. The van der Waals surface area contributed by atoms with Gasteiger partial charge in [0.15, 0.2) is 0 Å². The fraction of sp³-hybridized carbons (Fsp3) is 0.300. The number of amides is 1. The molecule has 3 nitrogen and oxygen atoms in total. The van der Waals surface area contributed by atoms with Gasteiger partial charge >= 0.3 is 0 Å². The minimum atomic E-state index is -0.406. The molecule has 0 saturated heterocycles. The van der Waals surface area contributed by atoms with E-state index in [4.69, 9.17) is 17.3 Å². The van der Waals surface area contributed by atoms with E-state index in [1.165, 1.54) is 0 Å². The summed E-state index contributed by atoms with van der Waals surface area (Å²) in [6.45, 7) is 0.775. The Kier molecular flexibility index (Phi) is 3.77. The molecule has 1 rings (SSSR count). The van der Waals surface area contributed by atoms with E-state index in [9.17, 15) is 4.79 Å². The third-order valence-corrected chi connectivity index (χ3v) is 2.18. The van der Waals surface area contributed by atoms with Gasteiger partial charge in [-0.25, -0.2) is 0 Å². The van der Waals surface area contributed by atoms with Crippen molar-refractivity contribution in [1.82, 2.24) is 0 Å². The number of primary amides is 1. The number of nitrogens with two attached hydrogens (primary N) is 1. The molecule has 0 atom stereocenters. The van der Waals surface area contributed by atoms with Crippen LogP contribution < -0.4 is 10.6 Å². The molecule has 0 heterocycles. The lowest BCUT2D eigenvalue weighted by Gasteiger charge is -2.17. The maximum Gasteiger partial charge on any atom is 0.248 e. The number of carbonyl (C=O) groups excluding carboxylic acids is 1. The quantitative estimate of drug-likeness (QED) is 0.769. The smallest absolute Gasteiger partial charge is 0.248 e. The van der Waals surface area contributed by atoms with Crippen LogP contribution in [0.1, 0.15) is 10.4 Å². The number of rotatable bonds is 4. The van der Waals surface area contributed by atoms with E-state index >= 15 is 0 Å². The van der Waals surface area contributed by atoms with Gasteiger partial charge in [0.05, 0.1) is 0 Å².